The number of anilines is 1. The molecule has 3 aromatic rings. The van der Waals surface area contributed by atoms with Crippen LogP contribution in [-0.4, -0.2) is 39.6 Å². The molecule has 1 fully saturated rings. The first kappa shape index (κ1) is 24.0. The van der Waals surface area contributed by atoms with E-state index in [4.69, 9.17) is 9.52 Å². The summed E-state index contributed by atoms with van der Waals surface area (Å²) in [5.74, 6) is -1.21. The maximum Gasteiger partial charge on any atom is 0.335 e. The zero-order valence-electron chi connectivity index (χ0n) is 19.2. The number of imide groups is 1. The summed E-state index contributed by atoms with van der Waals surface area (Å²) in [4.78, 5) is 49.8. The van der Waals surface area contributed by atoms with Crippen LogP contribution in [0.25, 0.3) is 17.4 Å². The number of carbonyl (C=O) groups is 4. The number of nitrogens with zero attached hydrogens (tertiary/aromatic N) is 1. The van der Waals surface area contributed by atoms with Crippen LogP contribution in [0.4, 0.5) is 10.5 Å². The van der Waals surface area contributed by atoms with Gasteiger partial charge in [0, 0.05) is 17.3 Å². The lowest BCUT2D eigenvalue weighted by molar-refractivity contribution is -0.127. The number of benzene rings is 2. The van der Waals surface area contributed by atoms with Gasteiger partial charge >= 0.3 is 5.97 Å². The molecule has 1 aliphatic heterocycles. The predicted octanol–water partition coefficient (Wildman–Crippen LogP) is 5.25. The SMILES string of the molecule is Cc1ccc(NC(=O)CN2C(=O)S/C(=C/c3ccc(-c4ccc(C(=O)O)cc4C)o3)C2=O)cc1C. The average Bonchev–Trinajstić information content (AvgIpc) is 3.36. The van der Waals surface area contributed by atoms with Crippen molar-refractivity contribution >= 4 is 46.5 Å². The lowest BCUT2D eigenvalue weighted by atomic mass is 10.0. The summed E-state index contributed by atoms with van der Waals surface area (Å²) in [7, 11) is 0. The Morgan fingerprint density at radius 2 is 1.77 bits per heavy atom. The largest absolute Gasteiger partial charge is 0.478 e. The second-order valence-corrected chi connectivity index (χ2v) is 9.15. The summed E-state index contributed by atoms with van der Waals surface area (Å²) >= 11 is 0.736. The van der Waals surface area contributed by atoms with Gasteiger partial charge in [0.1, 0.15) is 18.1 Å². The highest BCUT2D eigenvalue weighted by atomic mass is 32.2. The maximum atomic E-state index is 12.8. The number of hydrogen-bond acceptors (Lipinski definition) is 6. The van der Waals surface area contributed by atoms with Gasteiger partial charge in [-0.15, -0.1) is 0 Å². The smallest absolute Gasteiger partial charge is 0.335 e. The van der Waals surface area contributed by atoms with Gasteiger partial charge in [-0.2, -0.15) is 0 Å². The summed E-state index contributed by atoms with van der Waals surface area (Å²) in [5.41, 5.74) is 4.31. The van der Waals surface area contributed by atoms with E-state index in [0.717, 1.165) is 33.4 Å². The van der Waals surface area contributed by atoms with Crippen LogP contribution in [0.1, 0.15) is 32.8 Å². The number of carbonyl (C=O) groups excluding carboxylic acids is 3. The van der Waals surface area contributed by atoms with Crippen molar-refractivity contribution in [2.45, 2.75) is 20.8 Å². The predicted molar refractivity (Wildman–Crippen MR) is 133 cm³/mol. The average molecular weight is 491 g/mol. The fourth-order valence-electron chi connectivity index (χ4n) is 3.58. The van der Waals surface area contributed by atoms with Crippen LogP contribution in [-0.2, 0) is 9.59 Å². The van der Waals surface area contributed by atoms with Crippen LogP contribution in [0.5, 0.6) is 0 Å². The van der Waals surface area contributed by atoms with Gasteiger partial charge in [-0.05, 0) is 85.6 Å². The summed E-state index contributed by atoms with van der Waals surface area (Å²) < 4.78 is 5.81. The van der Waals surface area contributed by atoms with Crippen LogP contribution < -0.4 is 5.32 Å². The molecular formula is C26H22N2O6S. The molecule has 4 rings (SSSR count). The lowest BCUT2D eigenvalue weighted by Crippen LogP contribution is -2.36. The molecule has 0 atom stereocenters. The fourth-order valence-corrected chi connectivity index (χ4v) is 4.40. The molecule has 2 heterocycles. The van der Waals surface area contributed by atoms with E-state index in [1.54, 1.807) is 37.3 Å². The van der Waals surface area contributed by atoms with Gasteiger partial charge in [-0.3, -0.25) is 19.3 Å². The van der Waals surface area contributed by atoms with E-state index in [1.165, 1.54) is 12.1 Å². The Bertz CT molecular complexity index is 1400. The Balaban J connectivity index is 1.46. The van der Waals surface area contributed by atoms with Crippen LogP contribution in [0.2, 0.25) is 0 Å². The molecule has 0 unspecified atom stereocenters. The van der Waals surface area contributed by atoms with E-state index in [0.29, 0.717) is 22.8 Å². The number of amides is 3. The highest BCUT2D eigenvalue weighted by molar-refractivity contribution is 8.18. The second-order valence-electron chi connectivity index (χ2n) is 8.15. The van der Waals surface area contributed by atoms with Gasteiger partial charge in [0.05, 0.1) is 10.5 Å². The van der Waals surface area contributed by atoms with Crippen molar-refractivity contribution in [2.75, 3.05) is 11.9 Å². The molecule has 0 aliphatic carbocycles. The summed E-state index contributed by atoms with van der Waals surface area (Å²) in [5, 5.41) is 11.3. The van der Waals surface area contributed by atoms with Crippen molar-refractivity contribution in [1.82, 2.24) is 4.90 Å². The van der Waals surface area contributed by atoms with Crippen LogP contribution >= 0.6 is 11.8 Å². The number of rotatable bonds is 6. The van der Waals surface area contributed by atoms with Crippen LogP contribution in [0.3, 0.4) is 0 Å². The van der Waals surface area contributed by atoms with E-state index < -0.39 is 29.6 Å². The Morgan fingerprint density at radius 3 is 2.46 bits per heavy atom. The monoisotopic (exact) mass is 490 g/mol. The molecule has 0 spiro atoms. The molecule has 0 bridgehead atoms. The quantitative estimate of drug-likeness (QED) is 0.454. The Kier molecular flexibility index (Phi) is 6.61. The van der Waals surface area contributed by atoms with E-state index in [1.807, 2.05) is 26.0 Å². The van der Waals surface area contributed by atoms with Crippen molar-refractivity contribution < 1.29 is 28.7 Å². The first-order valence-corrected chi connectivity index (χ1v) is 11.5. The highest BCUT2D eigenvalue weighted by Crippen LogP contribution is 2.34. The van der Waals surface area contributed by atoms with Crippen molar-refractivity contribution in [3.63, 3.8) is 0 Å². The van der Waals surface area contributed by atoms with Crippen molar-refractivity contribution in [3.8, 4) is 11.3 Å². The molecule has 1 aromatic heterocycles. The Hall–Kier alpha value is -4.11. The highest BCUT2D eigenvalue weighted by Gasteiger charge is 2.36. The molecule has 0 radical (unpaired) electrons. The Labute approximate surface area is 205 Å². The van der Waals surface area contributed by atoms with E-state index in [9.17, 15) is 19.2 Å². The molecule has 9 heteroatoms. The number of aryl methyl sites for hydroxylation is 3. The van der Waals surface area contributed by atoms with Crippen molar-refractivity contribution in [1.29, 1.82) is 0 Å². The number of furan rings is 1. The molecule has 35 heavy (non-hydrogen) atoms. The molecular weight excluding hydrogens is 468 g/mol. The minimum atomic E-state index is -1.02. The summed E-state index contributed by atoms with van der Waals surface area (Å²) in [6, 6.07) is 13.5. The fraction of sp³-hybridized carbons (Fsp3) is 0.154. The number of thioether (sulfide) groups is 1. The van der Waals surface area contributed by atoms with Gasteiger partial charge in [-0.1, -0.05) is 12.1 Å². The van der Waals surface area contributed by atoms with Gasteiger partial charge in [0.2, 0.25) is 5.91 Å². The minimum absolute atomic E-state index is 0.146. The summed E-state index contributed by atoms with van der Waals surface area (Å²) in [6.07, 6.45) is 1.45. The molecule has 2 N–H and O–H groups in total. The van der Waals surface area contributed by atoms with Gasteiger partial charge in [0.25, 0.3) is 11.1 Å². The first-order valence-electron chi connectivity index (χ1n) is 10.7. The van der Waals surface area contributed by atoms with E-state index >= 15 is 0 Å². The lowest BCUT2D eigenvalue weighted by Gasteiger charge is -2.13. The number of aromatic carboxylic acids is 1. The van der Waals surface area contributed by atoms with Crippen molar-refractivity contribution in [2.24, 2.45) is 0 Å². The van der Waals surface area contributed by atoms with Gasteiger partial charge < -0.3 is 14.8 Å². The number of hydrogen-bond donors (Lipinski definition) is 2. The molecule has 0 saturated carbocycles. The number of nitrogens with one attached hydrogen (secondary N) is 1. The molecule has 3 amide bonds. The van der Waals surface area contributed by atoms with Crippen LogP contribution in [0.15, 0.2) is 57.9 Å². The zero-order chi connectivity index (χ0) is 25.3. The van der Waals surface area contributed by atoms with Gasteiger partial charge in [0.15, 0.2) is 0 Å². The number of carboxylic acid groups (broad SMARTS) is 1. The number of carboxylic acids is 1. The maximum absolute atomic E-state index is 12.8. The third-order valence-electron chi connectivity index (χ3n) is 5.60. The molecule has 8 nitrogen and oxygen atoms in total. The van der Waals surface area contributed by atoms with E-state index in [-0.39, 0.29) is 10.5 Å². The first-order chi connectivity index (χ1) is 16.6. The van der Waals surface area contributed by atoms with Gasteiger partial charge in [-0.25, -0.2) is 4.79 Å². The minimum Gasteiger partial charge on any atom is -0.478 e. The topological polar surface area (TPSA) is 117 Å². The molecule has 2 aromatic carbocycles. The van der Waals surface area contributed by atoms with Crippen LogP contribution in [0, 0.1) is 20.8 Å². The normalized spacial score (nSPS) is 14.6. The molecule has 1 aliphatic rings. The molecule has 1 saturated heterocycles. The standard InChI is InChI=1S/C26H22N2O6S/c1-14-4-6-18(11-15(14)2)27-23(29)13-28-24(30)22(35-26(28)33)12-19-7-9-21(34-19)20-8-5-17(25(31)32)10-16(20)3/h4-12H,13H2,1-3H3,(H,27,29)(H,31,32)/b22-12+. The summed E-state index contributed by atoms with van der Waals surface area (Å²) in [6.45, 7) is 5.27. The van der Waals surface area contributed by atoms with E-state index in [2.05, 4.69) is 5.32 Å². The molecule has 178 valence electrons. The van der Waals surface area contributed by atoms with Crippen molar-refractivity contribution in [3.05, 3.63) is 81.5 Å². The second kappa shape index (κ2) is 9.63. The zero-order valence-corrected chi connectivity index (χ0v) is 20.1. The third-order valence-corrected chi connectivity index (χ3v) is 6.51. The Morgan fingerprint density at radius 1 is 1.00 bits per heavy atom. The third kappa shape index (κ3) is 5.20.